The molecule has 0 aliphatic carbocycles. The fraction of sp³-hybridized carbons (Fsp3) is 0.364. The second-order valence-electron chi connectivity index (χ2n) is 8.20. The average Bonchev–Trinajstić information content (AvgIpc) is 2.69. The van der Waals surface area contributed by atoms with E-state index in [-0.39, 0.29) is 24.6 Å². The highest BCUT2D eigenvalue weighted by molar-refractivity contribution is 7.87. The summed E-state index contributed by atoms with van der Waals surface area (Å²) in [6.45, 7) is 5.42. The molecule has 32 heavy (non-hydrogen) atoms. The lowest BCUT2D eigenvalue weighted by Crippen LogP contribution is -2.51. The lowest BCUT2D eigenvalue weighted by Gasteiger charge is -2.33. The van der Waals surface area contributed by atoms with Gasteiger partial charge in [0.05, 0.1) is 5.69 Å². The highest BCUT2D eigenvalue weighted by atomic mass is 32.2. The lowest BCUT2D eigenvalue weighted by atomic mass is 10.0. The molecule has 3 N–H and O–H groups in total. The highest BCUT2D eigenvalue weighted by Crippen LogP contribution is 2.20. The molecular weight excluding hydrogens is 434 g/mol. The summed E-state index contributed by atoms with van der Waals surface area (Å²) in [4.78, 5) is 27.2. The Balaban J connectivity index is 2.35. The van der Waals surface area contributed by atoms with Crippen molar-refractivity contribution in [2.45, 2.75) is 45.4 Å². The number of carbonyl (C=O) groups is 2. The Morgan fingerprint density at radius 1 is 1.03 bits per heavy atom. The Labute approximate surface area is 188 Å². The molecule has 2 aromatic rings. The van der Waals surface area contributed by atoms with Gasteiger partial charge in [0, 0.05) is 20.0 Å². The Kier molecular flexibility index (Phi) is 8.23. The van der Waals surface area contributed by atoms with Crippen LogP contribution in [0.15, 0.2) is 54.6 Å². The van der Waals surface area contributed by atoms with Gasteiger partial charge in [-0.1, -0.05) is 42.5 Å². The fourth-order valence-electron chi connectivity index (χ4n) is 2.99. The summed E-state index contributed by atoms with van der Waals surface area (Å²) in [5, 5.41) is 2.60. The zero-order valence-corrected chi connectivity index (χ0v) is 19.3. The van der Waals surface area contributed by atoms with Gasteiger partial charge in [-0.3, -0.25) is 19.0 Å². The molecule has 9 nitrogen and oxygen atoms in total. The van der Waals surface area contributed by atoms with Crippen LogP contribution in [-0.4, -0.2) is 48.6 Å². The van der Waals surface area contributed by atoms with Gasteiger partial charge in [0.1, 0.15) is 11.6 Å². The van der Waals surface area contributed by atoms with Gasteiger partial charge in [0.15, 0.2) is 0 Å². The van der Waals surface area contributed by atoms with E-state index in [2.05, 4.69) is 5.32 Å². The molecule has 0 aromatic heterocycles. The first-order valence-corrected chi connectivity index (χ1v) is 11.4. The van der Waals surface area contributed by atoms with Gasteiger partial charge in [-0.05, 0) is 44.0 Å². The number of amides is 2. The second kappa shape index (κ2) is 10.5. The number of ether oxygens (including phenoxy) is 1. The largest absolute Gasteiger partial charge is 0.444 e. The zero-order chi connectivity index (χ0) is 23.9. The van der Waals surface area contributed by atoms with Crippen molar-refractivity contribution in [2.75, 3.05) is 11.8 Å². The monoisotopic (exact) mass is 463 g/mol. The first kappa shape index (κ1) is 25.2. The van der Waals surface area contributed by atoms with Gasteiger partial charge >= 0.3 is 16.4 Å². The number of carbonyl (C=O) groups excluding carboxylic acids is 2. The van der Waals surface area contributed by atoms with Crippen molar-refractivity contribution in [1.29, 1.82) is 0 Å². The van der Waals surface area contributed by atoms with E-state index < -0.39 is 28.0 Å². The van der Waals surface area contributed by atoms with Gasteiger partial charge in [-0.2, -0.15) is 8.42 Å². The summed E-state index contributed by atoms with van der Waals surface area (Å²) >= 11 is 0. The van der Waals surface area contributed by atoms with Gasteiger partial charge in [-0.15, -0.1) is 0 Å². The number of nitrogens with one attached hydrogen (secondary N) is 2. The molecule has 0 spiro atoms. The minimum atomic E-state index is -4.39. The molecule has 0 aliphatic heterocycles. The van der Waals surface area contributed by atoms with Crippen molar-refractivity contribution in [3.05, 3.63) is 65.7 Å². The zero-order valence-electron chi connectivity index (χ0n) is 18.5. The number of rotatable bonds is 8. The Hall–Kier alpha value is -3.11. The van der Waals surface area contributed by atoms with Crippen LogP contribution in [0.2, 0.25) is 0 Å². The van der Waals surface area contributed by atoms with Crippen molar-refractivity contribution < 1.29 is 27.3 Å². The molecule has 0 bridgehead atoms. The predicted octanol–water partition coefficient (Wildman–Crippen LogP) is 3.00. The minimum absolute atomic E-state index is 0.163. The SMILES string of the molecule is CNC(=O)[C@H](Cc1ccc(NS(=O)(=O)O)cc1)N(Cc1ccccc1)C(=O)OC(C)(C)C. The van der Waals surface area contributed by atoms with Gasteiger partial charge < -0.3 is 10.1 Å². The number of hydrogen-bond donors (Lipinski definition) is 3. The number of benzene rings is 2. The third-order valence-corrected chi connectivity index (χ3v) is 4.87. The second-order valence-corrected chi connectivity index (χ2v) is 9.36. The highest BCUT2D eigenvalue weighted by Gasteiger charge is 2.33. The summed E-state index contributed by atoms with van der Waals surface area (Å²) in [5.74, 6) is -0.369. The van der Waals surface area contributed by atoms with E-state index in [4.69, 9.17) is 9.29 Å². The topological polar surface area (TPSA) is 125 Å². The molecule has 10 heteroatoms. The first-order chi connectivity index (χ1) is 14.9. The molecule has 2 amide bonds. The minimum Gasteiger partial charge on any atom is -0.444 e. The number of nitrogens with zero attached hydrogens (tertiary/aromatic N) is 1. The Morgan fingerprint density at radius 3 is 2.12 bits per heavy atom. The molecule has 0 saturated carbocycles. The van der Waals surface area contributed by atoms with Crippen molar-refractivity contribution in [2.24, 2.45) is 0 Å². The summed E-state index contributed by atoms with van der Waals surface area (Å²) in [6.07, 6.45) is -0.461. The Bertz CT molecular complexity index is 1020. The van der Waals surface area contributed by atoms with Gasteiger partial charge in [0.2, 0.25) is 5.91 Å². The predicted molar refractivity (Wildman–Crippen MR) is 121 cm³/mol. The van der Waals surface area contributed by atoms with Crippen LogP contribution in [0.4, 0.5) is 10.5 Å². The standard InChI is InChI=1S/C22H29N3O6S/c1-22(2,3)31-21(27)25(15-17-8-6-5-7-9-17)19(20(26)23-4)14-16-10-12-18(13-11-16)24-32(28,29)30/h5-13,19,24H,14-15H2,1-4H3,(H,23,26)(H,28,29,30)/t19-/m0/s1. The number of hydrogen-bond acceptors (Lipinski definition) is 5. The molecule has 0 unspecified atom stereocenters. The maximum Gasteiger partial charge on any atom is 0.411 e. The van der Waals surface area contributed by atoms with E-state index >= 15 is 0 Å². The van der Waals surface area contributed by atoms with Crippen LogP contribution >= 0.6 is 0 Å². The van der Waals surface area contributed by atoms with Crippen LogP contribution in [0, 0.1) is 0 Å². The van der Waals surface area contributed by atoms with E-state index in [0.29, 0.717) is 5.56 Å². The maximum absolute atomic E-state index is 13.0. The third-order valence-electron chi connectivity index (χ3n) is 4.38. The average molecular weight is 464 g/mol. The molecule has 0 radical (unpaired) electrons. The summed E-state index contributed by atoms with van der Waals surface area (Å²) in [6, 6.07) is 14.5. The van der Waals surface area contributed by atoms with Crippen molar-refractivity contribution >= 4 is 28.0 Å². The molecule has 0 saturated heterocycles. The number of anilines is 1. The van der Waals surface area contributed by atoms with Crippen LogP contribution in [0.1, 0.15) is 31.9 Å². The molecule has 174 valence electrons. The summed E-state index contributed by atoms with van der Waals surface area (Å²) < 4.78 is 38.4. The third kappa shape index (κ3) is 8.20. The van der Waals surface area contributed by atoms with Crippen LogP contribution in [0.3, 0.4) is 0 Å². The van der Waals surface area contributed by atoms with E-state index in [1.54, 1.807) is 32.9 Å². The maximum atomic E-state index is 13.0. The van der Waals surface area contributed by atoms with E-state index in [1.807, 2.05) is 35.1 Å². The van der Waals surface area contributed by atoms with Gasteiger partial charge in [0.25, 0.3) is 0 Å². The molecule has 2 rings (SSSR count). The van der Waals surface area contributed by atoms with Crippen molar-refractivity contribution in [3.8, 4) is 0 Å². The van der Waals surface area contributed by atoms with E-state index in [0.717, 1.165) is 5.56 Å². The fourth-order valence-corrected chi connectivity index (χ4v) is 3.43. The van der Waals surface area contributed by atoms with Crippen LogP contribution in [0.25, 0.3) is 0 Å². The van der Waals surface area contributed by atoms with Crippen molar-refractivity contribution in [3.63, 3.8) is 0 Å². The smallest absolute Gasteiger partial charge is 0.411 e. The van der Waals surface area contributed by atoms with E-state index in [1.165, 1.54) is 24.1 Å². The molecule has 0 heterocycles. The normalized spacial score (nSPS) is 12.5. The van der Waals surface area contributed by atoms with Crippen LogP contribution in [-0.2, 0) is 32.8 Å². The van der Waals surface area contributed by atoms with Crippen molar-refractivity contribution in [1.82, 2.24) is 10.2 Å². The van der Waals surface area contributed by atoms with E-state index in [9.17, 15) is 18.0 Å². The van der Waals surface area contributed by atoms with Crippen LogP contribution in [0.5, 0.6) is 0 Å². The molecule has 0 fully saturated rings. The summed E-state index contributed by atoms with van der Waals surface area (Å²) in [5.41, 5.74) is 0.935. The Morgan fingerprint density at radius 2 is 1.62 bits per heavy atom. The molecule has 2 aromatic carbocycles. The van der Waals surface area contributed by atoms with Gasteiger partial charge in [-0.25, -0.2) is 4.79 Å². The first-order valence-electron chi connectivity index (χ1n) is 9.97. The quantitative estimate of drug-likeness (QED) is 0.517. The molecule has 1 atom stereocenters. The van der Waals surface area contributed by atoms with Crippen LogP contribution < -0.4 is 10.0 Å². The molecular formula is C22H29N3O6S. The lowest BCUT2D eigenvalue weighted by molar-refractivity contribution is -0.126. The molecule has 0 aliphatic rings. The summed E-state index contributed by atoms with van der Waals surface area (Å²) in [7, 11) is -2.90. The number of likely N-dealkylation sites (N-methyl/N-ethyl adjacent to an activating group) is 1.